The molecule has 4 nitrogen and oxygen atoms in total. The maximum absolute atomic E-state index is 12.1. The lowest BCUT2D eigenvalue weighted by Gasteiger charge is -2.22. The van der Waals surface area contributed by atoms with E-state index in [1.807, 2.05) is 26.0 Å². The van der Waals surface area contributed by atoms with Gasteiger partial charge in [0.2, 0.25) is 5.91 Å². The van der Waals surface area contributed by atoms with Gasteiger partial charge in [-0.25, -0.2) is 0 Å². The Morgan fingerprint density at radius 1 is 1.30 bits per heavy atom. The van der Waals surface area contributed by atoms with Crippen molar-refractivity contribution in [3.63, 3.8) is 0 Å². The van der Waals surface area contributed by atoms with Crippen LogP contribution in [0.5, 0.6) is 5.75 Å². The highest BCUT2D eigenvalue weighted by Crippen LogP contribution is 2.15. The summed E-state index contributed by atoms with van der Waals surface area (Å²) in [6.07, 6.45) is 2.06. The lowest BCUT2D eigenvalue weighted by Crippen LogP contribution is -2.47. The topological polar surface area (TPSA) is 61.4 Å². The van der Waals surface area contributed by atoms with Crippen molar-refractivity contribution in [1.29, 1.82) is 0 Å². The van der Waals surface area contributed by atoms with E-state index in [0.29, 0.717) is 6.54 Å². The predicted octanol–water partition coefficient (Wildman–Crippen LogP) is 2.42. The number of unbranched alkanes of at least 4 members (excludes halogenated alkanes) is 1. The molecule has 1 atom stereocenters. The van der Waals surface area contributed by atoms with Gasteiger partial charge < -0.3 is 15.7 Å². The Balaban J connectivity index is 2.55. The molecule has 0 spiro atoms. The molecule has 0 aliphatic carbocycles. The van der Waals surface area contributed by atoms with Gasteiger partial charge in [0, 0.05) is 18.7 Å². The van der Waals surface area contributed by atoms with Crippen LogP contribution in [0.4, 0.5) is 0 Å². The Morgan fingerprint density at radius 3 is 2.60 bits per heavy atom. The molecule has 0 aliphatic heterocycles. The van der Waals surface area contributed by atoms with Crippen LogP contribution >= 0.6 is 0 Å². The zero-order valence-electron chi connectivity index (χ0n) is 12.6. The van der Waals surface area contributed by atoms with Crippen LogP contribution in [0.15, 0.2) is 24.3 Å². The van der Waals surface area contributed by atoms with Crippen molar-refractivity contribution in [2.24, 2.45) is 5.92 Å². The number of hydrogen-bond acceptors (Lipinski definition) is 3. The van der Waals surface area contributed by atoms with E-state index in [1.54, 1.807) is 12.1 Å². The monoisotopic (exact) mass is 278 g/mol. The molecule has 1 unspecified atom stereocenters. The molecule has 1 aromatic rings. The Kier molecular flexibility index (Phi) is 7.09. The smallest absolute Gasteiger partial charge is 0.237 e. The fourth-order valence-corrected chi connectivity index (χ4v) is 2.01. The molecule has 4 heteroatoms. The molecule has 0 aliphatic rings. The summed E-state index contributed by atoms with van der Waals surface area (Å²) >= 11 is 0. The number of carbonyl (C=O) groups is 1. The van der Waals surface area contributed by atoms with Crippen molar-refractivity contribution in [2.75, 3.05) is 6.54 Å². The van der Waals surface area contributed by atoms with Crippen LogP contribution in [-0.2, 0) is 11.3 Å². The highest BCUT2D eigenvalue weighted by atomic mass is 16.3. The number of nitrogens with one attached hydrogen (secondary N) is 2. The molecular formula is C16H26N2O2. The van der Waals surface area contributed by atoms with Crippen LogP contribution in [0.2, 0.25) is 0 Å². The molecule has 0 saturated heterocycles. The van der Waals surface area contributed by atoms with Crippen molar-refractivity contribution in [3.05, 3.63) is 29.8 Å². The van der Waals surface area contributed by atoms with Gasteiger partial charge in [-0.2, -0.15) is 0 Å². The predicted molar refractivity (Wildman–Crippen MR) is 81.5 cm³/mol. The maximum atomic E-state index is 12.1. The number of phenolic OH excluding ortho intramolecular Hbond substituents is 1. The SMILES string of the molecule is CCCCNC(=O)C(NCc1ccccc1O)C(C)C. The Labute approximate surface area is 121 Å². The van der Waals surface area contributed by atoms with E-state index >= 15 is 0 Å². The molecule has 0 fully saturated rings. The van der Waals surface area contributed by atoms with Crippen molar-refractivity contribution < 1.29 is 9.90 Å². The number of aromatic hydroxyl groups is 1. The van der Waals surface area contributed by atoms with Gasteiger partial charge in [-0.3, -0.25) is 4.79 Å². The summed E-state index contributed by atoms with van der Waals surface area (Å²) in [4.78, 5) is 12.1. The molecule has 1 rings (SSSR count). The highest BCUT2D eigenvalue weighted by molar-refractivity contribution is 5.81. The molecule has 0 saturated carbocycles. The third kappa shape index (κ3) is 5.21. The summed E-state index contributed by atoms with van der Waals surface area (Å²) in [6.45, 7) is 7.33. The summed E-state index contributed by atoms with van der Waals surface area (Å²) < 4.78 is 0. The molecular weight excluding hydrogens is 252 g/mol. The van der Waals surface area contributed by atoms with Gasteiger partial charge >= 0.3 is 0 Å². The van der Waals surface area contributed by atoms with Gasteiger partial charge in [0.25, 0.3) is 0 Å². The fourth-order valence-electron chi connectivity index (χ4n) is 2.01. The van der Waals surface area contributed by atoms with Crippen LogP contribution in [0, 0.1) is 5.92 Å². The summed E-state index contributed by atoms with van der Waals surface area (Å²) in [5, 5.41) is 15.9. The number of rotatable bonds is 8. The van der Waals surface area contributed by atoms with Gasteiger partial charge in [-0.15, -0.1) is 0 Å². The molecule has 0 heterocycles. The zero-order valence-corrected chi connectivity index (χ0v) is 12.6. The summed E-state index contributed by atoms with van der Waals surface area (Å²) in [5.74, 6) is 0.486. The average Bonchev–Trinajstić information content (AvgIpc) is 2.41. The molecule has 112 valence electrons. The summed E-state index contributed by atoms with van der Waals surface area (Å²) in [7, 11) is 0. The molecule has 3 N–H and O–H groups in total. The second kappa shape index (κ2) is 8.59. The normalized spacial score (nSPS) is 12.4. The highest BCUT2D eigenvalue weighted by Gasteiger charge is 2.21. The van der Waals surface area contributed by atoms with Crippen LogP contribution in [0.1, 0.15) is 39.2 Å². The average molecular weight is 278 g/mol. The first-order chi connectivity index (χ1) is 9.56. The van der Waals surface area contributed by atoms with Gasteiger partial charge in [0.05, 0.1) is 6.04 Å². The first-order valence-corrected chi connectivity index (χ1v) is 7.34. The van der Waals surface area contributed by atoms with Crippen LogP contribution in [0.25, 0.3) is 0 Å². The third-order valence-corrected chi connectivity index (χ3v) is 3.28. The van der Waals surface area contributed by atoms with Crippen molar-refractivity contribution in [1.82, 2.24) is 10.6 Å². The van der Waals surface area contributed by atoms with E-state index in [2.05, 4.69) is 17.6 Å². The maximum Gasteiger partial charge on any atom is 0.237 e. The fraction of sp³-hybridized carbons (Fsp3) is 0.562. The number of para-hydroxylation sites is 1. The molecule has 1 aromatic carbocycles. The van der Waals surface area contributed by atoms with Gasteiger partial charge in [0.1, 0.15) is 5.75 Å². The Morgan fingerprint density at radius 2 is 2.00 bits per heavy atom. The number of hydrogen-bond donors (Lipinski definition) is 3. The van der Waals surface area contributed by atoms with Crippen LogP contribution in [0.3, 0.4) is 0 Å². The van der Waals surface area contributed by atoms with Crippen molar-refractivity contribution >= 4 is 5.91 Å². The molecule has 0 aromatic heterocycles. The number of carbonyl (C=O) groups excluding carboxylic acids is 1. The number of phenols is 1. The van der Waals surface area contributed by atoms with Gasteiger partial charge in [0.15, 0.2) is 0 Å². The summed E-state index contributed by atoms with van der Waals surface area (Å²) in [6, 6.07) is 6.93. The minimum Gasteiger partial charge on any atom is -0.508 e. The largest absolute Gasteiger partial charge is 0.508 e. The van der Waals surface area contributed by atoms with E-state index < -0.39 is 0 Å². The lowest BCUT2D eigenvalue weighted by atomic mass is 10.0. The van der Waals surface area contributed by atoms with Crippen LogP contribution < -0.4 is 10.6 Å². The first-order valence-electron chi connectivity index (χ1n) is 7.34. The Hall–Kier alpha value is -1.55. The second-order valence-corrected chi connectivity index (χ2v) is 5.38. The van der Waals surface area contributed by atoms with E-state index in [4.69, 9.17) is 0 Å². The van der Waals surface area contributed by atoms with Gasteiger partial charge in [-0.1, -0.05) is 45.4 Å². The van der Waals surface area contributed by atoms with Gasteiger partial charge in [-0.05, 0) is 18.4 Å². The lowest BCUT2D eigenvalue weighted by molar-refractivity contribution is -0.124. The third-order valence-electron chi connectivity index (χ3n) is 3.28. The van der Waals surface area contributed by atoms with Crippen LogP contribution in [-0.4, -0.2) is 23.6 Å². The number of amides is 1. The summed E-state index contributed by atoms with van der Waals surface area (Å²) in [5.41, 5.74) is 0.805. The van der Waals surface area contributed by atoms with Crippen molar-refractivity contribution in [3.8, 4) is 5.75 Å². The standard InChI is InChI=1S/C16H26N2O2/c1-4-5-10-17-16(20)15(12(2)3)18-11-13-8-6-7-9-14(13)19/h6-9,12,15,18-19H,4-5,10-11H2,1-3H3,(H,17,20). The second-order valence-electron chi connectivity index (χ2n) is 5.38. The first kappa shape index (κ1) is 16.5. The van der Waals surface area contributed by atoms with E-state index in [1.165, 1.54) is 0 Å². The van der Waals surface area contributed by atoms with E-state index in [-0.39, 0.29) is 23.6 Å². The van der Waals surface area contributed by atoms with Crippen molar-refractivity contribution in [2.45, 2.75) is 46.2 Å². The molecule has 1 amide bonds. The minimum absolute atomic E-state index is 0.0314. The quantitative estimate of drug-likeness (QED) is 0.640. The number of benzene rings is 1. The molecule has 20 heavy (non-hydrogen) atoms. The van der Waals surface area contributed by atoms with E-state index in [0.717, 1.165) is 24.9 Å². The zero-order chi connectivity index (χ0) is 15.0. The molecule has 0 bridgehead atoms. The minimum atomic E-state index is -0.244. The van der Waals surface area contributed by atoms with E-state index in [9.17, 15) is 9.90 Å². The molecule has 0 radical (unpaired) electrons. The Bertz CT molecular complexity index is 419.